The summed E-state index contributed by atoms with van der Waals surface area (Å²) < 4.78 is 1.05. The molecule has 1 aliphatic rings. The molecule has 1 fully saturated rings. The molecule has 18 heavy (non-hydrogen) atoms. The summed E-state index contributed by atoms with van der Waals surface area (Å²) in [4.78, 5) is 12.5. The molecule has 1 aliphatic carbocycles. The van der Waals surface area contributed by atoms with Crippen molar-refractivity contribution < 1.29 is 4.79 Å². The van der Waals surface area contributed by atoms with Crippen LogP contribution in [0.3, 0.4) is 0 Å². The van der Waals surface area contributed by atoms with E-state index in [2.05, 4.69) is 29.8 Å². The molecule has 0 spiro atoms. The molecule has 0 N–H and O–H groups in total. The first kappa shape index (κ1) is 13.8. The number of Topliss-reactive ketones (excluding diaryl/α,β-unsaturated/α-hetero) is 1. The van der Waals surface area contributed by atoms with Crippen molar-refractivity contribution in [3.63, 3.8) is 0 Å². The van der Waals surface area contributed by atoms with Crippen molar-refractivity contribution >= 4 is 21.7 Å². The molecule has 98 valence electrons. The third-order valence-electron chi connectivity index (χ3n) is 4.22. The van der Waals surface area contributed by atoms with Gasteiger partial charge in [0.15, 0.2) is 0 Å². The molecule has 0 amide bonds. The van der Waals surface area contributed by atoms with Crippen LogP contribution in [-0.2, 0) is 11.2 Å². The van der Waals surface area contributed by atoms with Crippen LogP contribution in [0.25, 0.3) is 0 Å². The Balaban J connectivity index is 2.10. The van der Waals surface area contributed by atoms with E-state index in [1.807, 2.05) is 24.3 Å². The lowest BCUT2D eigenvalue weighted by molar-refractivity contribution is -0.127. The van der Waals surface area contributed by atoms with Crippen LogP contribution >= 0.6 is 15.9 Å². The van der Waals surface area contributed by atoms with Crippen molar-refractivity contribution in [3.8, 4) is 0 Å². The van der Waals surface area contributed by atoms with Crippen LogP contribution in [0.1, 0.15) is 45.1 Å². The van der Waals surface area contributed by atoms with Crippen LogP contribution < -0.4 is 0 Å². The fourth-order valence-electron chi connectivity index (χ4n) is 3.04. The van der Waals surface area contributed by atoms with Gasteiger partial charge in [-0.05, 0) is 29.9 Å². The van der Waals surface area contributed by atoms with E-state index < -0.39 is 0 Å². The predicted octanol–water partition coefficient (Wildman–Crippen LogP) is 4.78. The summed E-state index contributed by atoms with van der Waals surface area (Å²) in [7, 11) is 0. The first-order chi connectivity index (χ1) is 8.50. The minimum Gasteiger partial charge on any atom is -0.299 e. The monoisotopic (exact) mass is 308 g/mol. The maximum Gasteiger partial charge on any atom is 0.140 e. The summed E-state index contributed by atoms with van der Waals surface area (Å²) in [5, 5.41) is 0. The molecule has 0 aliphatic heterocycles. The lowest BCUT2D eigenvalue weighted by Crippen LogP contribution is -2.34. The number of rotatable bonds is 3. The van der Waals surface area contributed by atoms with Crippen molar-refractivity contribution in [2.45, 2.75) is 46.0 Å². The normalized spacial score (nSPS) is 22.7. The van der Waals surface area contributed by atoms with Gasteiger partial charge in [-0.1, -0.05) is 60.8 Å². The molecule has 0 saturated heterocycles. The molecular formula is C16H21BrO. The lowest BCUT2D eigenvalue weighted by atomic mass is 9.66. The van der Waals surface area contributed by atoms with Crippen LogP contribution in [0, 0.1) is 11.3 Å². The zero-order valence-electron chi connectivity index (χ0n) is 11.2. The molecule has 1 unspecified atom stereocenters. The van der Waals surface area contributed by atoms with Gasteiger partial charge >= 0.3 is 0 Å². The number of hydrogen-bond donors (Lipinski definition) is 0. The standard InChI is InChI=1S/C16H21BrO/c1-16(2)10-6-5-8-13(16)15(18)11-12-7-3-4-9-14(12)17/h3-4,7,9,13H,5-6,8,10-11H2,1-2H3. The molecule has 0 bridgehead atoms. The summed E-state index contributed by atoms with van der Waals surface area (Å²) in [6, 6.07) is 8.04. The number of carbonyl (C=O) groups excluding carboxylic acids is 1. The van der Waals surface area contributed by atoms with E-state index in [1.54, 1.807) is 0 Å². The summed E-state index contributed by atoms with van der Waals surface area (Å²) in [5.41, 5.74) is 1.29. The van der Waals surface area contributed by atoms with E-state index >= 15 is 0 Å². The Morgan fingerprint density at radius 3 is 2.72 bits per heavy atom. The summed E-state index contributed by atoms with van der Waals surface area (Å²) in [6.07, 6.45) is 5.28. The zero-order valence-corrected chi connectivity index (χ0v) is 12.8. The Morgan fingerprint density at radius 1 is 1.33 bits per heavy atom. The largest absolute Gasteiger partial charge is 0.299 e. The topological polar surface area (TPSA) is 17.1 Å². The van der Waals surface area contributed by atoms with Gasteiger partial charge in [-0.15, -0.1) is 0 Å². The maximum atomic E-state index is 12.5. The predicted molar refractivity (Wildman–Crippen MR) is 78.6 cm³/mol. The van der Waals surface area contributed by atoms with Crippen LogP contribution in [-0.4, -0.2) is 5.78 Å². The van der Waals surface area contributed by atoms with Crippen LogP contribution in [0.5, 0.6) is 0 Å². The Hall–Kier alpha value is -0.630. The Kier molecular flexibility index (Phi) is 4.26. The Labute approximate surface area is 118 Å². The van der Waals surface area contributed by atoms with Crippen molar-refractivity contribution in [3.05, 3.63) is 34.3 Å². The van der Waals surface area contributed by atoms with Gasteiger partial charge in [-0.3, -0.25) is 4.79 Å². The Bertz CT molecular complexity index is 436. The molecule has 1 atom stereocenters. The van der Waals surface area contributed by atoms with E-state index in [4.69, 9.17) is 0 Å². The number of hydrogen-bond acceptors (Lipinski definition) is 1. The highest BCUT2D eigenvalue weighted by atomic mass is 79.9. The molecule has 1 aromatic carbocycles. The van der Waals surface area contributed by atoms with E-state index in [0.29, 0.717) is 12.2 Å². The zero-order chi connectivity index (χ0) is 13.2. The van der Waals surface area contributed by atoms with Gasteiger partial charge in [-0.2, -0.15) is 0 Å². The van der Waals surface area contributed by atoms with Gasteiger partial charge in [0, 0.05) is 16.8 Å². The second kappa shape index (κ2) is 5.56. The van der Waals surface area contributed by atoms with Gasteiger partial charge in [0.05, 0.1) is 0 Å². The number of carbonyl (C=O) groups is 1. The van der Waals surface area contributed by atoms with Gasteiger partial charge in [0.1, 0.15) is 5.78 Å². The lowest BCUT2D eigenvalue weighted by Gasteiger charge is -2.37. The summed E-state index contributed by atoms with van der Waals surface area (Å²) >= 11 is 3.53. The molecule has 1 nitrogen and oxygen atoms in total. The molecule has 0 heterocycles. The SMILES string of the molecule is CC1(C)CCCCC1C(=O)Cc1ccccc1Br. The first-order valence-corrected chi connectivity index (χ1v) is 7.56. The molecular weight excluding hydrogens is 288 g/mol. The molecule has 1 aromatic rings. The van der Waals surface area contributed by atoms with Crippen molar-refractivity contribution in [1.29, 1.82) is 0 Å². The number of halogens is 1. The molecule has 0 radical (unpaired) electrons. The minimum atomic E-state index is 0.177. The fourth-order valence-corrected chi connectivity index (χ4v) is 3.47. The minimum absolute atomic E-state index is 0.177. The van der Waals surface area contributed by atoms with Crippen molar-refractivity contribution in [2.75, 3.05) is 0 Å². The van der Waals surface area contributed by atoms with E-state index in [-0.39, 0.29) is 11.3 Å². The van der Waals surface area contributed by atoms with Gasteiger partial charge < -0.3 is 0 Å². The average molecular weight is 309 g/mol. The second-order valence-electron chi connectivity index (χ2n) is 6.02. The number of benzene rings is 1. The molecule has 2 heteroatoms. The van der Waals surface area contributed by atoms with Gasteiger partial charge in [-0.25, -0.2) is 0 Å². The third-order valence-corrected chi connectivity index (χ3v) is 4.99. The highest BCUT2D eigenvalue weighted by molar-refractivity contribution is 9.10. The van der Waals surface area contributed by atoms with Gasteiger partial charge in [0.2, 0.25) is 0 Å². The van der Waals surface area contributed by atoms with Crippen LogP contribution in [0.2, 0.25) is 0 Å². The van der Waals surface area contributed by atoms with Crippen molar-refractivity contribution in [2.24, 2.45) is 11.3 Å². The third kappa shape index (κ3) is 3.03. The van der Waals surface area contributed by atoms with Crippen LogP contribution in [0.4, 0.5) is 0 Å². The molecule has 0 aromatic heterocycles. The fraction of sp³-hybridized carbons (Fsp3) is 0.562. The number of ketones is 1. The smallest absolute Gasteiger partial charge is 0.140 e. The Morgan fingerprint density at radius 2 is 2.06 bits per heavy atom. The van der Waals surface area contributed by atoms with E-state index in [0.717, 1.165) is 16.5 Å². The van der Waals surface area contributed by atoms with E-state index in [9.17, 15) is 4.79 Å². The summed E-state index contributed by atoms with van der Waals surface area (Å²) in [5.74, 6) is 0.643. The highest BCUT2D eigenvalue weighted by Gasteiger charge is 2.36. The quantitative estimate of drug-likeness (QED) is 0.785. The van der Waals surface area contributed by atoms with Gasteiger partial charge in [0.25, 0.3) is 0 Å². The second-order valence-corrected chi connectivity index (χ2v) is 6.88. The summed E-state index contributed by atoms with van der Waals surface area (Å²) in [6.45, 7) is 4.49. The average Bonchev–Trinajstić information content (AvgIpc) is 2.31. The molecule has 2 rings (SSSR count). The van der Waals surface area contributed by atoms with Crippen molar-refractivity contribution in [1.82, 2.24) is 0 Å². The maximum absolute atomic E-state index is 12.5. The van der Waals surface area contributed by atoms with Crippen LogP contribution in [0.15, 0.2) is 28.7 Å². The first-order valence-electron chi connectivity index (χ1n) is 6.77. The molecule has 1 saturated carbocycles. The van der Waals surface area contributed by atoms with E-state index in [1.165, 1.54) is 19.3 Å². The highest BCUT2D eigenvalue weighted by Crippen LogP contribution is 2.41.